The predicted molar refractivity (Wildman–Crippen MR) is 99.2 cm³/mol. The Morgan fingerprint density at radius 2 is 1.71 bits per heavy atom. The van der Waals surface area contributed by atoms with Gasteiger partial charge in [-0.2, -0.15) is 0 Å². The monoisotopic (exact) mass is 352 g/mol. The second-order valence-corrected chi connectivity index (χ2v) is 11.0. The third kappa shape index (κ3) is 5.93. The Bertz CT molecular complexity index is 481. The smallest absolute Gasteiger partial charge is 0.305 e. The van der Waals surface area contributed by atoms with Gasteiger partial charge in [0, 0.05) is 24.8 Å². The van der Waals surface area contributed by atoms with Crippen LogP contribution in [-0.2, 0) is 18.8 Å². The molecule has 5 heteroatoms. The van der Waals surface area contributed by atoms with Crippen molar-refractivity contribution in [2.45, 2.75) is 77.4 Å². The van der Waals surface area contributed by atoms with Crippen LogP contribution in [0.1, 0.15) is 59.3 Å². The molecule has 0 saturated carbocycles. The zero-order chi connectivity index (χ0) is 18.0. The number of allylic oxidation sites excluding steroid dienone is 4. The number of methoxy groups -OCH3 is 1. The summed E-state index contributed by atoms with van der Waals surface area (Å²) in [6, 6.07) is 3.29. The van der Waals surface area contributed by atoms with Crippen LogP contribution in [0.3, 0.4) is 0 Å². The standard InChI is InChI=1S/C19H32O4Si/c1-5-24(6-2,7-3)23-18-15-14-17(20)16(18)12-10-8-9-11-13-19(21)22-4/h8-9H,5-7,10-15H2,1-4H3/b9-8+. The molecule has 4 nitrogen and oxygen atoms in total. The van der Waals surface area contributed by atoms with Crippen LogP contribution in [0.25, 0.3) is 0 Å². The lowest BCUT2D eigenvalue weighted by atomic mass is 10.1. The maximum Gasteiger partial charge on any atom is 0.305 e. The summed E-state index contributed by atoms with van der Waals surface area (Å²) in [5.74, 6) is 1.03. The SMILES string of the molecule is CC[Si](CC)(CC)OC1=C(CC/C=C/CCC(=O)OC)C(=O)CC1. The van der Waals surface area contributed by atoms with E-state index in [4.69, 9.17) is 4.43 Å². The Balaban J connectivity index is 2.60. The molecule has 1 aliphatic rings. The first-order chi connectivity index (χ1) is 11.5. The zero-order valence-corrected chi connectivity index (χ0v) is 16.7. The van der Waals surface area contributed by atoms with Gasteiger partial charge in [-0.1, -0.05) is 32.9 Å². The number of rotatable bonds is 11. The molecule has 136 valence electrons. The molecule has 0 saturated heterocycles. The van der Waals surface area contributed by atoms with E-state index in [2.05, 4.69) is 25.5 Å². The van der Waals surface area contributed by atoms with E-state index >= 15 is 0 Å². The van der Waals surface area contributed by atoms with Gasteiger partial charge in [-0.05, 0) is 37.4 Å². The molecule has 0 heterocycles. The van der Waals surface area contributed by atoms with Gasteiger partial charge in [0.2, 0.25) is 8.32 Å². The van der Waals surface area contributed by atoms with E-state index < -0.39 is 8.32 Å². The second kappa shape index (κ2) is 10.5. The molecule has 0 radical (unpaired) electrons. The highest BCUT2D eigenvalue weighted by molar-refractivity contribution is 6.73. The number of hydrogen-bond acceptors (Lipinski definition) is 4. The first-order valence-corrected chi connectivity index (χ1v) is 11.7. The van der Waals surface area contributed by atoms with E-state index in [0.29, 0.717) is 19.3 Å². The van der Waals surface area contributed by atoms with Gasteiger partial charge in [0.25, 0.3) is 0 Å². The number of carbonyl (C=O) groups is 2. The van der Waals surface area contributed by atoms with Crippen LogP contribution in [0.2, 0.25) is 18.1 Å². The van der Waals surface area contributed by atoms with E-state index in [1.807, 2.05) is 12.2 Å². The van der Waals surface area contributed by atoms with Gasteiger partial charge in [-0.15, -0.1) is 0 Å². The lowest BCUT2D eigenvalue weighted by molar-refractivity contribution is -0.140. The van der Waals surface area contributed by atoms with E-state index in [9.17, 15) is 9.59 Å². The first-order valence-electron chi connectivity index (χ1n) is 9.17. The number of hydrogen-bond donors (Lipinski definition) is 0. The van der Waals surface area contributed by atoms with Crippen molar-refractivity contribution in [3.05, 3.63) is 23.5 Å². The second-order valence-electron chi connectivity index (χ2n) is 6.30. The quantitative estimate of drug-likeness (QED) is 0.301. The largest absolute Gasteiger partial charge is 0.546 e. The zero-order valence-electron chi connectivity index (χ0n) is 15.7. The Morgan fingerprint density at radius 1 is 1.08 bits per heavy atom. The Morgan fingerprint density at radius 3 is 2.29 bits per heavy atom. The van der Waals surface area contributed by atoms with Crippen molar-refractivity contribution >= 4 is 20.1 Å². The number of esters is 1. The molecule has 0 aromatic carbocycles. The van der Waals surface area contributed by atoms with Gasteiger partial charge in [-0.3, -0.25) is 9.59 Å². The summed E-state index contributed by atoms with van der Waals surface area (Å²) in [4.78, 5) is 23.2. The maximum atomic E-state index is 12.2. The highest BCUT2D eigenvalue weighted by Gasteiger charge is 2.34. The summed E-state index contributed by atoms with van der Waals surface area (Å²) < 4.78 is 11.1. The Labute approximate surface area is 147 Å². The average molecular weight is 353 g/mol. The van der Waals surface area contributed by atoms with Crippen molar-refractivity contribution in [2.75, 3.05) is 7.11 Å². The molecule has 1 aliphatic carbocycles. The molecule has 0 fully saturated rings. The van der Waals surface area contributed by atoms with Gasteiger partial charge in [0.05, 0.1) is 12.9 Å². The molecule has 24 heavy (non-hydrogen) atoms. The van der Waals surface area contributed by atoms with Crippen molar-refractivity contribution in [1.29, 1.82) is 0 Å². The molecule has 1 rings (SSSR count). The van der Waals surface area contributed by atoms with Gasteiger partial charge in [0.15, 0.2) is 5.78 Å². The van der Waals surface area contributed by atoms with E-state index in [0.717, 1.165) is 48.7 Å². The van der Waals surface area contributed by atoms with Crippen molar-refractivity contribution < 1.29 is 18.8 Å². The minimum atomic E-state index is -1.71. The van der Waals surface area contributed by atoms with Crippen LogP contribution in [0.5, 0.6) is 0 Å². The molecule has 0 aromatic heterocycles. The molecular weight excluding hydrogens is 320 g/mol. The van der Waals surface area contributed by atoms with E-state index in [1.165, 1.54) is 7.11 Å². The lowest BCUT2D eigenvalue weighted by Crippen LogP contribution is -2.35. The van der Waals surface area contributed by atoms with Crippen LogP contribution in [0.15, 0.2) is 23.5 Å². The maximum absolute atomic E-state index is 12.2. The molecule has 0 bridgehead atoms. The molecule has 0 N–H and O–H groups in total. The van der Waals surface area contributed by atoms with E-state index in [1.54, 1.807) is 0 Å². The van der Waals surface area contributed by atoms with Crippen LogP contribution >= 0.6 is 0 Å². The highest BCUT2D eigenvalue weighted by Crippen LogP contribution is 2.33. The van der Waals surface area contributed by atoms with Crippen molar-refractivity contribution in [3.63, 3.8) is 0 Å². The highest BCUT2D eigenvalue weighted by atomic mass is 28.4. The third-order valence-electron chi connectivity index (χ3n) is 5.00. The lowest BCUT2D eigenvalue weighted by Gasteiger charge is -2.30. The molecule has 0 amide bonds. The number of Topliss-reactive ketones (excluding diaryl/α,β-unsaturated/α-hetero) is 1. The van der Waals surface area contributed by atoms with Crippen LogP contribution in [0.4, 0.5) is 0 Å². The number of ether oxygens (including phenoxy) is 1. The Kier molecular flexibility index (Phi) is 9.04. The third-order valence-corrected chi connectivity index (χ3v) is 9.54. The summed E-state index contributed by atoms with van der Waals surface area (Å²) in [6.45, 7) is 6.63. The van der Waals surface area contributed by atoms with Gasteiger partial charge >= 0.3 is 5.97 Å². The summed E-state index contributed by atoms with van der Waals surface area (Å²) in [7, 11) is -0.310. The van der Waals surface area contributed by atoms with Crippen molar-refractivity contribution in [1.82, 2.24) is 0 Å². The molecule has 0 spiro atoms. The molecule has 0 aromatic rings. The minimum Gasteiger partial charge on any atom is -0.546 e. The fourth-order valence-corrected chi connectivity index (χ4v) is 5.75. The summed E-state index contributed by atoms with van der Waals surface area (Å²) >= 11 is 0. The van der Waals surface area contributed by atoms with Gasteiger partial charge < -0.3 is 9.16 Å². The van der Waals surface area contributed by atoms with E-state index in [-0.39, 0.29) is 11.8 Å². The van der Waals surface area contributed by atoms with Crippen molar-refractivity contribution in [2.24, 2.45) is 0 Å². The Hall–Kier alpha value is -1.36. The van der Waals surface area contributed by atoms with Crippen LogP contribution in [0, 0.1) is 0 Å². The normalized spacial score (nSPS) is 15.4. The molecule has 0 aliphatic heterocycles. The topological polar surface area (TPSA) is 52.6 Å². The van der Waals surface area contributed by atoms with Crippen LogP contribution in [-0.4, -0.2) is 27.2 Å². The van der Waals surface area contributed by atoms with Gasteiger partial charge in [0.1, 0.15) is 0 Å². The predicted octanol–water partition coefficient (Wildman–Crippen LogP) is 4.91. The summed E-state index contributed by atoms with van der Waals surface area (Å²) in [5, 5.41) is 0. The average Bonchev–Trinajstić information content (AvgIpc) is 2.95. The minimum absolute atomic E-state index is 0.191. The van der Waals surface area contributed by atoms with Crippen molar-refractivity contribution in [3.8, 4) is 0 Å². The number of carbonyl (C=O) groups excluding carboxylic acids is 2. The number of ketones is 1. The summed E-state index contributed by atoms with van der Waals surface area (Å²) in [6.07, 6.45) is 8.04. The fourth-order valence-electron chi connectivity index (χ4n) is 3.07. The fraction of sp³-hybridized carbons (Fsp3) is 0.684. The first kappa shape index (κ1) is 20.7. The van der Waals surface area contributed by atoms with Gasteiger partial charge in [-0.25, -0.2) is 0 Å². The summed E-state index contributed by atoms with van der Waals surface area (Å²) in [5.41, 5.74) is 0.903. The van der Waals surface area contributed by atoms with Crippen LogP contribution < -0.4 is 0 Å². The molecular formula is C19H32O4Si. The molecule has 0 unspecified atom stereocenters. The molecule has 0 atom stereocenters.